The first-order valence-corrected chi connectivity index (χ1v) is 8.96. The molecule has 5 nitrogen and oxygen atoms in total. The van der Waals surface area contributed by atoms with E-state index in [0.29, 0.717) is 0 Å². The van der Waals surface area contributed by atoms with Gasteiger partial charge in [0.25, 0.3) is 0 Å². The monoisotopic (exact) mass is 311 g/mol. The Morgan fingerprint density at radius 2 is 1.86 bits per heavy atom. The molecule has 0 saturated heterocycles. The van der Waals surface area contributed by atoms with Gasteiger partial charge in [-0.15, -0.1) is 0 Å². The lowest BCUT2D eigenvalue weighted by atomic mass is 10.0. The molecule has 2 rings (SSSR count). The predicted molar refractivity (Wildman–Crippen MR) is 80.7 cm³/mol. The molecule has 0 unspecified atom stereocenters. The summed E-state index contributed by atoms with van der Waals surface area (Å²) in [6.45, 7) is 3.89. The standard InChI is InChI=1S/C15H21NO4S/c1-4-10-6-8-11(9-7-10)12-13(21(3,18)19)15(12,16)14(17)20-5-2/h6-9,12-13H,4-5,16H2,1-3H3/t12-,13+,15-/m0/s1. The summed E-state index contributed by atoms with van der Waals surface area (Å²) in [4.78, 5) is 12.1. The van der Waals surface area contributed by atoms with Crippen LogP contribution in [0.25, 0.3) is 0 Å². The van der Waals surface area contributed by atoms with Crippen LogP contribution in [0.4, 0.5) is 0 Å². The number of sulfone groups is 1. The zero-order valence-corrected chi connectivity index (χ0v) is 13.3. The maximum atomic E-state index is 12.1. The molecule has 116 valence electrons. The molecule has 0 amide bonds. The fourth-order valence-electron chi connectivity index (χ4n) is 2.89. The van der Waals surface area contributed by atoms with E-state index >= 15 is 0 Å². The van der Waals surface area contributed by atoms with Gasteiger partial charge in [-0.1, -0.05) is 31.2 Å². The lowest BCUT2D eigenvalue weighted by molar-refractivity contribution is -0.145. The highest BCUT2D eigenvalue weighted by atomic mass is 32.2. The van der Waals surface area contributed by atoms with Gasteiger partial charge in [-0.3, -0.25) is 0 Å². The minimum absolute atomic E-state index is 0.176. The van der Waals surface area contributed by atoms with Crippen molar-refractivity contribution in [3.05, 3.63) is 35.4 Å². The first kappa shape index (κ1) is 16.0. The summed E-state index contributed by atoms with van der Waals surface area (Å²) in [5, 5.41) is -0.920. The molecule has 0 aliphatic heterocycles. The molecule has 3 atom stereocenters. The molecular formula is C15H21NO4S. The summed E-state index contributed by atoms with van der Waals surface area (Å²) >= 11 is 0. The molecule has 0 bridgehead atoms. The number of carbonyl (C=O) groups is 1. The molecule has 1 saturated carbocycles. The second-order valence-electron chi connectivity index (χ2n) is 5.48. The van der Waals surface area contributed by atoms with E-state index in [9.17, 15) is 13.2 Å². The molecule has 1 aromatic carbocycles. The van der Waals surface area contributed by atoms with Gasteiger partial charge in [-0.25, -0.2) is 13.2 Å². The summed E-state index contributed by atoms with van der Waals surface area (Å²) in [6.07, 6.45) is 2.00. The third-order valence-corrected chi connectivity index (χ3v) is 5.60. The summed E-state index contributed by atoms with van der Waals surface area (Å²) in [7, 11) is -3.44. The van der Waals surface area contributed by atoms with Gasteiger partial charge < -0.3 is 10.5 Å². The fourth-order valence-corrected chi connectivity index (χ4v) is 4.64. The molecule has 1 aliphatic carbocycles. The van der Waals surface area contributed by atoms with E-state index in [0.717, 1.165) is 23.8 Å². The van der Waals surface area contributed by atoms with Crippen LogP contribution in [0, 0.1) is 0 Å². The SMILES string of the molecule is CCOC(=O)[C@@]1(N)[C@H](S(C)(=O)=O)[C@@H]1c1ccc(CC)cc1. The van der Waals surface area contributed by atoms with Gasteiger partial charge in [0.1, 0.15) is 5.54 Å². The van der Waals surface area contributed by atoms with Gasteiger partial charge in [-0.05, 0) is 24.5 Å². The van der Waals surface area contributed by atoms with Crippen LogP contribution in [-0.2, 0) is 25.8 Å². The lowest BCUT2D eigenvalue weighted by Gasteiger charge is -2.10. The molecule has 1 aromatic rings. The number of hydrogen-bond donors (Lipinski definition) is 1. The number of benzene rings is 1. The lowest BCUT2D eigenvalue weighted by Crippen LogP contribution is -2.41. The number of aryl methyl sites for hydroxylation is 1. The molecular weight excluding hydrogens is 290 g/mol. The van der Waals surface area contributed by atoms with E-state index in [2.05, 4.69) is 0 Å². The van der Waals surface area contributed by atoms with Crippen LogP contribution < -0.4 is 5.73 Å². The van der Waals surface area contributed by atoms with E-state index in [1.54, 1.807) is 6.92 Å². The average Bonchev–Trinajstić information content (AvgIpc) is 3.07. The third kappa shape index (κ3) is 2.70. The van der Waals surface area contributed by atoms with Crippen LogP contribution in [0.15, 0.2) is 24.3 Å². The Labute approximate surface area is 125 Å². The van der Waals surface area contributed by atoms with Crippen molar-refractivity contribution in [3.63, 3.8) is 0 Å². The number of ether oxygens (including phenoxy) is 1. The highest BCUT2D eigenvalue weighted by molar-refractivity contribution is 7.91. The van der Waals surface area contributed by atoms with Crippen molar-refractivity contribution in [3.8, 4) is 0 Å². The first-order chi connectivity index (χ1) is 9.76. The molecule has 0 heterocycles. The number of nitrogens with two attached hydrogens (primary N) is 1. The highest BCUT2D eigenvalue weighted by Gasteiger charge is 2.73. The van der Waals surface area contributed by atoms with Crippen LogP contribution in [0.5, 0.6) is 0 Å². The summed E-state index contributed by atoms with van der Waals surface area (Å²) in [6, 6.07) is 7.54. The van der Waals surface area contributed by atoms with Crippen LogP contribution in [0.1, 0.15) is 30.9 Å². The molecule has 0 aromatic heterocycles. The minimum atomic E-state index is -3.44. The van der Waals surface area contributed by atoms with Gasteiger partial charge in [0.2, 0.25) is 0 Å². The van der Waals surface area contributed by atoms with Gasteiger partial charge in [-0.2, -0.15) is 0 Å². The fraction of sp³-hybridized carbons (Fsp3) is 0.533. The van der Waals surface area contributed by atoms with E-state index in [1.165, 1.54) is 0 Å². The van der Waals surface area contributed by atoms with E-state index in [4.69, 9.17) is 10.5 Å². The van der Waals surface area contributed by atoms with Gasteiger partial charge in [0, 0.05) is 12.2 Å². The Morgan fingerprint density at radius 1 is 1.29 bits per heavy atom. The van der Waals surface area contributed by atoms with Gasteiger partial charge in [0.05, 0.1) is 11.9 Å². The minimum Gasteiger partial charge on any atom is -0.465 e. The van der Waals surface area contributed by atoms with E-state index in [1.807, 2.05) is 31.2 Å². The maximum absolute atomic E-state index is 12.1. The Hall–Kier alpha value is -1.40. The molecule has 21 heavy (non-hydrogen) atoms. The normalized spacial score (nSPS) is 28.2. The summed E-state index contributed by atoms with van der Waals surface area (Å²) in [5.41, 5.74) is 6.53. The van der Waals surface area contributed by atoms with Crippen molar-refractivity contribution in [2.45, 2.75) is 37.0 Å². The molecule has 6 heteroatoms. The molecule has 1 fully saturated rings. The van der Waals surface area contributed by atoms with E-state index < -0.39 is 32.5 Å². The van der Waals surface area contributed by atoms with Crippen molar-refractivity contribution in [2.75, 3.05) is 12.9 Å². The maximum Gasteiger partial charge on any atom is 0.328 e. The van der Waals surface area contributed by atoms with Crippen molar-refractivity contribution in [1.82, 2.24) is 0 Å². The van der Waals surface area contributed by atoms with E-state index in [-0.39, 0.29) is 6.61 Å². The van der Waals surface area contributed by atoms with Crippen LogP contribution in [0.3, 0.4) is 0 Å². The largest absolute Gasteiger partial charge is 0.465 e. The first-order valence-electron chi connectivity index (χ1n) is 7.00. The molecule has 0 spiro atoms. The molecule has 1 aliphatic rings. The number of esters is 1. The van der Waals surface area contributed by atoms with Crippen LogP contribution in [0.2, 0.25) is 0 Å². The van der Waals surface area contributed by atoms with Crippen molar-refractivity contribution in [2.24, 2.45) is 5.73 Å². The van der Waals surface area contributed by atoms with Gasteiger partial charge in [0.15, 0.2) is 9.84 Å². The number of carbonyl (C=O) groups excluding carboxylic acids is 1. The van der Waals surface area contributed by atoms with Crippen molar-refractivity contribution in [1.29, 1.82) is 0 Å². The smallest absolute Gasteiger partial charge is 0.328 e. The van der Waals surface area contributed by atoms with Crippen molar-refractivity contribution >= 4 is 15.8 Å². The highest BCUT2D eigenvalue weighted by Crippen LogP contribution is 2.54. The predicted octanol–water partition coefficient (Wildman–Crippen LogP) is 1.02. The summed E-state index contributed by atoms with van der Waals surface area (Å²) < 4.78 is 28.8. The Bertz CT molecular complexity index is 638. The number of hydrogen-bond acceptors (Lipinski definition) is 5. The Kier molecular flexibility index (Phi) is 4.13. The zero-order valence-electron chi connectivity index (χ0n) is 12.5. The van der Waals surface area contributed by atoms with Crippen LogP contribution in [-0.4, -0.2) is 38.0 Å². The Morgan fingerprint density at radius 3 is 2.29 bits per heavy atom. The number of rotatable bonds is 5. The third-order valence-electron chi connectivity index (χ3n) is 4.02. The van der Waals surface area contributed by atoms with Crippen LogP contribution >= 0.6 is 0 Å². The second-order valence-corrected chi connectivity index (χ2v) is 7.64. The molecule has 2 N–H and O–H groups in total. The average molecular weight is 311 g/mol. The molecule has 0 radical (unpaired) electrons. The second kappa shape index (κ2) is 5.42. The summed E-state index contributed by atoms with van der Waals surface area (Å²) in [5.74, 6) is -1.19. The quantitative estimate of drug-likeness (QED) is 0.820. The van der Waals surface area contributed by atoms with Gasteiger partial charge >= 0.3 is 5.97 Å². The Balaban J connectivity index is 2.38. The van der Waals surface area contributed by atoms with Crippen molar-refractivity contribution < 1.29 is 17.9 Å². The topological polar surface area (TPSA) is 86.5 Å². The zero-order chi connectivity index (χ0) is 15.8.